The second-order valence-corrected chi connectivity index (χ2v) is 6.74. The Morgan fingerprint density at radius 2 is 1.92 bits per heavy atom. The van der Waals surface area contributed by atoms with Crippen molar-refractivity contribution in [3.63, 3.8) is 0 Å². The molecule has 0 saturated carbocycles. The lowest BCUT2D eigenvalue weighted by molar-refractivity contribution is -0.137. The smallest absolute Gasteiger partial charge is 0.293 e. The van der Waals surface area contributed by atoms with Gasteiger partial charge in [0, 0.05) is 13.1 Å². The Kier molecular flexibility index (Phi) is 5.25. The molecule has 1 aromatic carbocycles. The van der Waals surface area contributed by atoms with E-state index in [2.05, 4.69) is 5.32 Å². The van der Waals surface area contributed by atoms with E-state index in [9.17, 15) is 19.5 Å². The van der Waals surface area contributed by atoms with Gasteiger partial charge in [-0.1, -0.05) is 30.3 Å². The Bertz CT molecular complexity index is 788. The largest absolute Gasteiger partial charge is 0.394 e. The van der Waals surface area contributed by atoms with Crippen LogP contribution in [-0.4, -0.2) is 46.8 Å². The van der Waals surface area contributed by atoms with Gasteiger partial charge in [-0.3, -0.25) is 14.4 Å². The van der Waals surface area contributed by atoms with Crippen molar-refractivity contribution in [3.05, 3.63) is 57.8 Å². The zero-order valence-corrected chi connectivity index (χ0v) is 14.3. The third kappa shape index (κ3) is 3.78. The SMILES string of the molecule is O=C(N[C@@H](CO)C(=O)N1CCc2ccccc2C1)C(=O)c1cccs1. The fraction of sp³-hybridized carbons (Fsp3) is 0.278. The summed E-state index contributed by atoms with van der Waals surface area (Å²) in [6.45, 7) is 0.391. The topological polar surface area (TPSA) is 86.7 Å². The van der Waals surface area contributed by atoms with Gasteiger partial charge >= 0.3 is 0 Å². The normalized spacial score (nSPS) is 14.5. The number of hydrogen-bond donors (Lipinski definition) is 2. The van der Waals surface area contributed by atoms with Gasteiger partial charge in [0.05, 0.1) is 11.5 Å². The van der Waals surface area contributed by atoms with Gasteiger partial charge in [-0.15, -0.1) is 11.3 Å². The minimum absolute atomic E-state index is 0.300. The van der Waals surface area contributed by atoms with Crippen molar-refractivity contribution in [1.82, 2.24) is 10.2 Å². The molecule has 0 unspecified atom stereocenters. The highest BCUT2D eigenvalue weighted by Crippen LogP contribution is 2.19. The number of hydrogen-bond acceptors (Lipinski definition) is 5. The fourth-order valence-corrected chi connectivity index (χ4v) is 3.49. The maximum absolute atomic E-state index is 12.6. The van der Waals surface area contributed by atoms with E-state index >= 15 is 0 Å². The number of thiophene rings is 1. The summed E-state index contributed by atoms with van der Waals surface area (Å²) in [4.78, 5) is 38.6. The zero-order valence-electron chi connectivity index (χ0n) is 13.5. The molecule has 25 heavy (non-hydrogen) atoms. The van der Waals surface area contributed by atoms with Crippen LogP contribution in [0, 0.1) is 0 Å². The van der Waals surface area contributed by atoms with Crippen molar-refractivity contribution in [2.24, 2.45) is 0 Å². The van der Waals surface area contributed by atoms with Crippen LogP contribution in [0.1, 0.15) is 20.8 Å². The molecule has 2 N–H and O–H groups in total. The van der Waals surface area contributed by atoms with Gasteiger partial charge in [0.15, 0.2) is 0 Å². The molecule has 7 heteroatoms. The van der Waals surface area contributed by atoms with Crippen LogP contribution < -0.4 is 5.32 Å². The lowest BCUT2D eigenvalue weighted by atomic mass is 9.99. The molecule has 1 atom stereocenters. The van der Waals surface area contributed by atoms with Gasteiger partial charge in [0.1, 0.15) is 6.04 Å². The molecule has 6 nitrogen and oxygen atoms in total. The molecule has 2 heterocycles. The Morgan fingerprint density at radius 1 is 1.16 bits per heavy atom. The number of nitrogens with zero attached hydrogens (tertiary/aromatic N) is 1. The Morgan fingerprint density at radius 3 is 2.60 bits per heavy atom. The summed E-state index contributed by atoms with van der Waals surface area (Å²) in [5.41, 5.74) is 2.25. The first-order valence-corrected chi connectivity index (χ1v) is 8.83. The number of amides is 2. The number of rotatable bonds is 5. The van der Waals surface area contributed by atoms with E-state index in [1.54, 1.807) is 22.4 Å². The Labute approximate surface area is 149 Å². The Balaban J connectivity index is 1.66. The number of aliphatic hydroxyl groups is 1. The van der Waals surface area contributed by atoms with E-state index in [0.29, 0.717) is 18.0 Å². The van der Waals surface area contributed by atoms with Crippen molar-refractivity contribution in [2.45, 2.75) is 19.0 Å². The first-order valence-electron chi connectivity index (χ1n) is 7.95. The lowest BCUT2D eigenvalue weighted by Gasteiger charge is -2.31. The number of aliphatic hydroxyl groups excluding tert-OH is 1. The van der Waals surface area contributed by atoms with E-state index in [-0.39, 0.29) is 5.91 Å². The first kappa shape index (κ1) is 17.3. The van der Waals surface area contributed by atoms with E-state index in [0.717, 1.165) is 23.3 Å². The monoisotopic (exact) mass is 358 g/mol. The highest BCUT2D eigenvalue weighted by Gasteiger charge is 2.30. The summed E-state index contributed by atoms with van der Waals surface area (Å²) in [5, 5.41) is 13.6. The molecule has 0 spiro atoms. The molecule has 0 fully saturated rings. The van der Waals surface area contributed by atoms with E-state index in [1.165, 1.54) is 5.56 Å². The van der Waals surface area contributed by atoms with Crippen LogP contribution in [0.4, 0.5) is 0 Å². The van der Waals surface area contributed by atoms with E-state index in [4.69, 9.17) is 0 Å². The average molecular weight is 358 g/mol. The summed E-state index contributed by atoms with van der Waals surface area (Å²) < 4.78 is 0. The third-order valence-corrected chi connectivity index (χ3v) is 5.05. The van der Waals surface area contributed by atoms with Crippen molar-refractivity contribution in [1.29, 1.82) is 0 Å². The van der Waals surface area contributed by atoms with Crippen LogP contribution in [0.2, 0.25) is 0 Å². The molecule has 1 aliphatic rings. The molecule has 0 radical (unpaired) electrons. The number of benzene rings is 1. The molecule has 2 aromatic rings. The van der Waals surface area contributed by atoms with E-state index < -0.39 is 24.3 Å². The summed E-state index contributed by atoms with van der Waals surface area (Å²) in [6.07, 6.45) is 0.724. The number of carbonyl (C=O) groups is 3. The predicted molar refractivity (Wildman–Crippen MR) is 93.2 cm³/mol. The van der Waals surface area contributed by atoms with Gasteiger partial charge < -0.3 is 15.3 Å². The maximum atomic E-state index is 12.6. The highest BCUT2D eigenvalue weighted by molar-refractivity contribution is 7.13. The molecule has 0 aliphatic carbocycles. The Hall–Kier alpha value is -2.51. The minimum Gasteiger partial charge on any atom is -0.394 e. The van der Waals surface area contributed by atoms with Gasteiger partial charge in [0.25, 0.3) is 11.7 Å². The van der Waals surface area contributed by atoms with Crippen LogP contribution in [0.3, 0.4) is 0 Å². The lowest BCUT2D eigenvalue weighted by Crippen LogP contribution is -2.52. The number of carbonyl (C=O) groups excluding carboxylic acids is 3. The highest BCUT2D eigenvalue weighted by atomic mass is 32.1. The molecule has 130 valence electrons. The average Bonchev–Trinajstić information content (AvgIpc) is 3.19. The van der Waals surface area contributed by atoms with Crippen molar-refractivity contribution >= 4 is 28.9 Å². The third-order valence-electron chi connectivity index (χ3n) is 4.18. The molecule has 0 bridgehead atoms. The van der Waals surface area contributed by atoms with Crippen LogP contribution in [0.15, 0.2) is 41.8 Å². The number of ketones is 1. The van der Waals surface area contributed by atoms with Crippen LogP contribution >= 0.6 is 11.3 Å². The summed E-state index contributed by atoms with van der Waals surface area (Å²) in [6, 6.07) is 9.96. The quantitative estimate of drug-likeness (QED) is 0.617. The van der Waals surface area contributed by atoms with Crippen molar-refractivity contribution in [3.8, 4) is 0 Å². The van der Waals surface area contributed by atoms with Gasteiger partial charge in [-0.2, -0.15) is 0 Å². The van der Waals surface area contributed by atoms with Crippen LogP contribution in [0.5, 0.6) is 0 Å². The molecular weight excluding hydrogens is 340 g/mol. The molecular formula is C18H18N2O4S. The first-order chi connectivity index (χ1) is 12.1. The molecule has 1 aromatic heterocycles. The number of nitrogens with one attached hydrogen (secondary N) is 1. The van der Waals surface area contributed by atoms with Gasteiger partial charge in [-0.05, 0) is 29.0 Å². The van der Waals surface area contributed by atoms with Gasteiger partial charge in [-0.25, -0.2) is 0 Å². The van der Waals surface area contributed by atoms with E-state index in [1.807, 2.05) is 24.3 Å². The molecule has 0 saturated heterocycles. The summed E-state index contributed by atoms with van der Waals surface area (Å²) in [5.74, 6) is -1.97. The van der Waals surface area contributed by atoms with Crippen LogP contribution in [0.25, 0.3) is 0 Å². The second kappa shape index (κ2) is 7.58. The fourth-order valence-electron chi connectivity index (χ4n) is 2.83. The predicted octanol–water partition coefficient (Wildman–Crippen LogP) is 0.993. The van der Waals surface area contributed by atoms with Crippen LogP contribution in [-0.2, 0) is 22.6 Å². The number of Topliss-reactive ketones (excluding diaryl/α,β-unsaturated/α-hetero) is 1. The van der Waals surface area contributed by atoms with Crippen molar-refractivity contribution in [2.75, 3.05) is 13.2 Å². The zero-order chi connectivity index (χ0) is 17.8. The minimum atomic E-state index is -1.12. The summed E-state index contributed by atoms with van der Waals surface area (Å²) in [7, 11) is 0. The van der Waals surface area contributed by atoms with Gasteiger partial charge in [0.2, 0.25) is 5.91 Å². The number of fused-ring (bicyclic) bond motifs is 1. The molecule has 3 rings (SSSR count). The standard InChI is InChI=1S/C18H18N2O4S/c21-11-14(19-17(23)16(22)15-6-3-9-25-15)18(24)20-8-7-12-4-1-2-5-13(12)10-20/h1-6,9,14,21H,7-8,10-11H2,(H,19,23)/t14-/m0/s1. The van der Waals surface area contributed by atoms with Crippen molar-refractivity contribution < 1.29 is 19.5 Å². The molecule has 1 aliphatic heterocycles. The maximum Gasteiger partial charge on any atom is 0.293 e. The second-order valence-electron chi connectivity index (χ2n) is 5.79. The summed E-state index contributed by atoms with van der Waals surface area (Å²) >= 11 is 1.15. The molecule has 2 amide bonds.